The number of halogens is 1. The Morgan fingerprint density at radius 3 is 2.43 bits per heavy atom. The topological polar surface area (TPSA) is 101 Å². The average molecular weight is 610 g/mol. The molecule has 1 atom stereocenters. The van der Waals surface area contributed by atoms with Crippen molar-refractivity contribution < 1.29 is 28.2 Å². The lowest BCUT2D eigenvalue weighted by atomic mass is 9.95. The molecule has 0 N–H and O–H groups in total. The van der Waals surface area contributed by atoms with Crippen LogP contribution in [0.25, 0.3) is 6.08 Å². The minimum atomic E-state index is -0.821. The molecule has 3 heterocycles. The fourth-order valence-electron chi connectivity index (χ4n) is 3.90. The fraction of sp³-hybridized carbons (Fsp3) is 0.292. The third-order valence-corrected chi connectivity index (χ3v) is 6.95. The molecule has 2 aromatic heterocycles. The van der Waals surface area contributed by atoms with E-state index >= 15 is 0 Å². The van der Waals surface area contributed by atoms with Crippen molar-refractivity contribution in [2.45, 2.75) is 19.9 Å². The number of hydrogen-bond donors (Lipinski definition) is 0. The molecule has 0 spiro atoms. The number of furan rings is 1. The predicted molar refractivity (Wildman–Crippen MR) is 138 cm³/mol. The van der Waals surface area contributed by atoms with Crippen molar-refractivity contribution in [1.82, 2.24) is 4.57 Å². The maximum atomic E-state index is 13.6. The number of nitrogens with zero attached hydrogens (tertiary/aromatic N) is 2. The number of methoxy groups -OCH3 is 3. The maximum absolute atomic E-state index is 13.6. The number of hydrogen-bond acceptors (Lipinski definition) is 9. The van der Waals surface area contributed by atoms with E-state index in [-0.39, 0.29) is 17.7 Å². The summed E-state index contributed by atoms with van der Waals surface area (Å²) in [7, 11) is 4.52. The van der Waals surface area contributed by atoms with Gasteiger partial charge < -0.3 is 23.4 Å². The maximum Gasteiger partial charge on any atom is 0.338 e. The average Bonchev–Trinajstić information content (AvgIpc) is 3.39. The van der Waals surface area contributed by atoms with Crippen molar-refractivity contribution in [3.05, 3.63) is 70.3 Å². The van der Waals surface area contributed by atoms with Gasteiger partial charge in [0, 0.05) is 6.08 Å². The van der Waals surface area contributed by atoms with E-state index in [4.69, 9.17) is 23.4 Å². The Morgan fingerprint density at radius 1 is 1.20 bits per heavy atom. The zero-order valence-electron chi connectivity index (χ0n) is 19.7. The van der Waals surface area contributed by atoms with E-state index in [0.717, 1.165) is 0 Å². The summed E-state index contributed by atoms with van der Waals surface area (Å²) in [5.41, 5.74) is 0.987. The van der Waals surface area contributed by atoms with Crippen LogP contribution < -0.4 is 29.1 Å². The molecule has 35 heavy (non-hydrogen) atoms. The van der Waals surface area contributed by atoms with Gasteiger partial charge in [-0.2, -0.15) is 0 Å². The molecule has 9 nitrogen and oxygen atoms in total. The number of aromatic nitrogens is 1. The molecule has 1 aliphatic heterocycles. The molecule has 0 amide bonds. The highest BCUT2D eigenvalue weighted by atomic mass is 127. The molecule has 0 saturated carbocycles. The largest absolute Gasteiger partial charge is 0.493 e. The zero-order chi connectivity index (χ0) is 25.3. The van der Waals surface area contributed by atoms with E-state index in [1.54, 1.807) is 38.1 Å². The second kappa shape index (κ2) is 10.3. The molecule has 11 heteroatoms. The number of carbonyl (C=O) groups is 1. The van der Waals surface area contributed by atoms with Gasteiger partial charge in [0.1, 0.15) is 5.76 Å². The van der Waals surface area contributed by atoms with Crippen LogP contribution in [0.2, 0.25) is 0 Å². The molecule has 0 saturated heterocycles. The van der Waals surface area contributed by atoms with Crippen molar-refractivity contribution in [2.24, 2.45) is 4.99 Å². The molecule has 0 bridgehead atoms. The quantitative estimate of drug-likeness (QED) is 0.300. The zero-order valence-corrected chi connectivity index (χ0v) is 22.7. The highest BCUT2D eigenvalue weighted by Gasteiger charge is 2.34. The Kier molecular flexibility index (Phi) is 7.36. The Labute approximate surface area is 218 Å². The minimum absolute atomic E-state index is 0.180. The minimum Gasteiger partial charge on any atom is -0.493 e. The van der Waals surface area contributed by atoms with E-state index in [9.17, 15) is 9.59 Å². The molecule has 0 radical (unpaired) electrons. The van der Waals surface area contributed by atoms with Crippen LogP contribution in [0.1, 0.15) is 31.2 Å². The fourth-order valence-corrected chi connectivity index (χ4v) is 5.36. The van der Waals surface area contributed by atoms with Crippen molar-refractivity contribution >= 4 is 46.0 Å². The molecule has 0 aliphatic carbocycles. The summed E-state index contributed by atoms with van der Waals surface area (Å²) in [5.74, 6) is 1.18. The summed E-state index contributed by atoms with van der Waals surface area (Å²) >= 11 is 3.28. The van der Waals surface area contributed by atoms with E-state index in [1.807, 2.05) is 6.07 Å². The number of carbonyl (C=O) groups excluding carboxylic acids is 1. The second-order valence-electron chi connectivity index (χ2n) is 7.40. The Morgan fingerprint density at radius 2 is 1.89 bits per heavy atom. The second-order valence-corrected chi connectivity index (χ2v) is 9.48. The molecule has 3 aromatic rings. The molecular weight excluding hydrogens is 587 g/mol. The first-order valence-electron chi connectivity index (χ1n) is 10.6. The standard InChI is InChI=1S/C24H23IN2O7S/c1-6-33-23(29)19-12(2)26-24-27(22(28)17(35-24)11-14-7-8-18(25)34-14)20(19)13-9-15(30-3)21(32-5)16(10-13)31-4/h7-11,20H,6H2,1-5H3/b17-11-/t20-/m1/s1. The van der Waals surface area contributed by atoms with Crippen molar-refractivity contribution in [3.8, 4) is 17.2 Å². The van der Waals surface area contributed by atoms with Gasteiger partial charge in [0.2, 0.25) is 5.75 Å². The summed E-state index contributed by atoms with van der Waals surface area (Å²) < 4.78 is 30.1. The van der Waals surface area contributed by atoms with Gasteiger partial charge in [0.25, 0.3) is 5.56 Å². The molecule has 0 unspecified atom stereocenters. The Hall–Kier alpha value is -3.06. The van der Waals surface area contributed by atoms with E-state index in [0.29, 0.717) is 47.4 Å². The SMILES string of the molecule is CCOC(=O)C1=C(C)N=c2s/c(=C\c3ccc(I)o3)c(=O)n2[C@@H]1c1cc(OC)c(OC)c(OC)c1. The van der Waals surface area contributed by atoms with E-state index < -0.39 is 12.0 Å². The smallest absolute Gasteiger partial charge is 0.338 e. The van der Waals surface area contributed by atoms with Gasteiger partial charge in [-0.25, -0.2) is 9.79 Å². The summed E-state index contributed by atoms with van der Waals surface area (Å²) in [4.78, 5) is 31.8. The lowest BCUT2D eigenvalue weighted by Gasteiger charge is -2.26. The number of benzene rings is 1. The first kappa shape index (κ1) is 25.0. The van der Waals surface area contributed by atoms with Crippen LogP contribution >= 0.6 is 33.9 Å². The number of thiazole rings is 1. The van der Waals surface area contributed by atoms with Crippen LogP contribution in [0, 0.1) is 3.77 Å². The van der Waals surface area contributed by atoms with Gasteiger partial charge in [-0.3, -0.25) is 9.36 Å². The summed E-state index contributed by atoms with van der Waals surface area (Å²) in [6, 6.07) is 6.21. The highest BCUT2D eigenvalue weighted by Crippen LogP contribution is 2.42. The van der Waals surface area contributed by atoms with Crippen LogP contribution in [0.15, 0.2) is 49.7 Å². The highest BCUT2D eigenvalue weighted by molar-refractivity contribution is 14.1. The molecule has 1 aliphatic rings. The van der Waals surface area contributed by atoms with E-state index in [2.05, 4.69) is 27.6 Å². The molecule has 184 valence electrons. The summed E-state index contributed by atoms with van der Waals surface area (Å²) in [6.45, 7) is 3.63. The van der Waals surface area contributed by atoms with E-state index in [1.165, 1.54) is 37.2 Å². The monoisotopic (exact) mass is 610 g/mol. The first-order chi connectivity index (χ1) is 16.8. The van der Waals surface area contributed by atoms with Gasteiger partial charge in [0.15, 0.2) is 20.1 Å². The molecular formula is C24H23IN2O7S. The molecule has 1 aromatic carbocycles. The number of allylic oxidation sites excluding steroid dienone is 1. The number of rotatable bonds is 7. The van der Waals surface area contributed by atoms with Gasteiger partial charge in [-0.15, -0.1) is 0 Å². The first-order valence-corrected chi connectivity index (χ1v) is 12.5. The Bertz CT molecular complexity index is 1470. The van der Waals surface area contributed by atoms with Crippen LogP contribution in [0.5, 0.6) is 17.2 Å². The molecule has 4 rings (SSSR count). The van der Waals surface area contributed by atoms with Crippen LogP contribution in [-0.4, -0.2) is 38.5 Å². The third-order valence-electron chi connectivity index (χ3n) is 5.39. The predicted octanol–water partition coefficient (Wildman–Crippen LogP) is 3.02. The normalized spacial score (nSPS) is 15.5. The van der Waals surface area contributed by atoms with Gasteiger partial charge in [-0.1, -0.05) is 11.3 Å². The van der Waals surface area contributed by atoms with Gasteiger partial charge >= 0.3 is 5.97 Å². The van der Waals surface area contributed by atoms with Crippen LogP contribution in [0.4, 0.5) is 0 Å². The summed E-state index contributed by atoms with van der Waals surface area (Å²) in [6.07, 6.45) is 1.67. The van der Waals surface area contributed by atoms with Crippen molar-refractivity contribution in [3.63, 3.8) is 0 Å². The number of esters is 1. The van der Waals surface area contributed by atoms with Gasteiger partial charge in [0.05, 0.1) is 49.8 Å². The van der Waals surface area contributed by atoms with Crippen molar-refractivity contribution in [2.75, 3.05) is 27.9 Å². The lowest BCUT2D eigenvalue weighted by Crippen LogP contribution is -2.40. The summed E-state index contributed by atoms with van der Waals surface area (Å²) in [5, 5.41) is 0. The van der Waals surface area contributed by atoms with Gasteiger partial charge in [-0.05, 0) is 66.3 Å². The number of ether oxygens (including phenoxy) is 4. The molecule has 0 fully saturated rings. The van der Waals surface area contributed by atoms with Crippen LogP contribution in [-0.2, 0) is 9.53 Å². The third kappa shape index (κ3) is 4.61. The number of fused-ring (bicyclic) bond motifs is 1. The Balaban J connectivity index is 2.02. The van der Waals surface area contributed by atoms with Crippen LogP contribution in [0.3, 0.4) is 0 Å². The lowest BCUT2D eigenvalue weighted by molar-refractivity contribution is -0.139. The van der Waals surface area contributed by atoms with Crippen molar-refractivity contribution in [1.29, 1.82) is 0 Å².